The van der Waals surface area contributed by atoms with Crippen LogP contribution in [0.25, 0.3) is 0 Å². The van der Waals surface area contributed by atoms with Gasteiger partial charge in [-0.1, -0.05) is 82.9 Å². The molecular formula is C32H45F3N2O4. The zero-order valence-electron chi connectivity index (χ0n) is 24.4. The number of aromatic hydroxyl groups is 1. The fourth-order valence-electron chi connectivity index (χ4n) is 4.62. The third-order valence-electron chi connectivity index (χ3n) is 6.87. The number of rotatable bonds is 19. The van der Waals surface area contributed by atoms with Crippen LogP contribution in [-0.4, -0.2) is 35.0 Å². The first-order chi connectivity index (χ1) is 19.6. The summed E-state index contributed by atoms with van der Waals surface area (Å²) in [5.74, 6) is -0.997. The van der Waals surface area contributed by atoms with Crippen LogP contribution < -0.4 is 5.32 Å². The number of phenols is 1. The Balaban J connectivity index is 1.85. The molecule has 2 rings (SSSR count). The van der Waals surface area contributed by atoms with E-state index in [9.17, 15) is 27.9 Å². The van der Waals surface area contributed by atoms with Crippen molar-refractivity contribution >= 4 is 17.6 Å². The van der Waals surface area contributed by atoms with Gasteiger partial charge in [-0.3, -0.25) is 14.5 Å². The van der Waals surface area contributed by atoms with E-state index in [0.717, 1.165) is 30.9 Å². The minimum Gasteiger partial charge on any atom is -0.508 e. The fraction of sp³-hybridized carbons (Fsp3) is 0.562. The van der Waals surface area contributed by atoms with Crippen LogP contribution in [0.2, 0.25) is 0 Å². The second-order valence-corrected chi connectivity index (χ2v) is 10.5. The minimum atomic E-state index is -4.56. The Kier molecular flexibility index (Phi) is 15.3. The number of nitrogens with one attached hydrogen (secondary N) is 1. The maximum absolute atomic E-state index is 13.0. The van der Waals surface area contributed by atoms with Gasteiger partial charge < -0.3 is 15.2 Å². The Morgan fingerprint density at radius 1 is 0.854 bits per heavy atom. The lowest BCUT2D eigenvalue weighted by atomic mass is 10.1. The molecule has 9 heteroatoms. The molecule has 0 unspecified atom stereocenters. The van der Waals surface area contributed by atoms with Gasteiger partial charge in [0.1, 0.15) is 5.75 Å². The summed E-state index contributed by atoms with van der Waals surface area (Å²) in [6.07, 6.45) is 8.01. The Hall–Kier alpha value is -3.07. The maximum atomic E-state index is 13.0. The van der Waals surface area contributed by atoms with Crippen LogP contribution in [0, 0.1) is 0 Å². The number of carbonyl (C=O) groups excluding carboxylic acids is 2. The molecule has 0 aliphatic carbocycles. The second-order valence-electron chi connectivity index (χ2n) is 10.5. The molecule has 1 amide bonds. The number of ether oxygens (including phenoxy) is 1. The molecule has 0 aromatic heterocycles. The van der Waals surface area contributed by atoms with Gasteiger partial charge in [0.2, 0.25) is 5.91 Å². The average molecular weight is 579 g/mol. The predicted molar refractivity (Wildman–Crippen MR) is 155 cm³/mol. The summed E-state index contributed by atoms with van der Waals surface area (Å²) in [6.45, 7) is 4.33. The quantitative estimate of drug-likeness (QED) is 0.130. The number of unbranched alkanes of at least 4 members (excludes halogenated alkanes) is 9. The first kappa shape index (κ1) is 34.1. The summed E-state index contributed by atoms with van der Waals surface area (Å²) >= 11 is 0. The highest BCUT2D eigenvalue weighted by atomic mass is 19.4. The molecule has 0 aliphatic rings. The fourth-order valence-corrected chi connectivity index (χ4v) is 4.62. The maximum Gasteiger partial charge on any atom is 0.416 e. The lowest BCUT2D eigenvalue weighted by Gasteiger charge is -2.22. The van der Waals surface area contributed by atoms with Gasteiger partial charge in [-0.15, -0.1) is 0 Å². The van der Waals surface area contributed by atoms with E-state index in [2.05, 4.69) is 12.2 Å². The highest BCUT2D eigenvalue weighted by Gasteiger charge is 2.31. The van der Waals surface area contributed by atoms with Gasteiger partial charge in [0.05, 0.1) is 18.7 Å². The van der Waals surface area contributed by atoms with Crippen molar-refractivity contribution in [3.05, 3.63) is 59.2 Å². The highest BCUT2D eigenvalue weighted by molar-refractivity contribution is 5.90. The standard InChI is InChI=1S/C32H45F3N2O4/c1-3-5-6-7-8-9-10-11-12-13-14-30(39)36-28-19-15-25(16-20-28)22-37(24-31(40)41-4-2)23-26-17-18-27(21-29(26)38)32(33,34)35/h15-21,38H,3-14,22-24H2,1-2H3,(H,36,39). The van der Waals surface area contributed by atoms with Gasteiger partial charge in [-0.05, 0) is 43.2 Å². The van der Waals surface area contributed by atoms with Crippen LogP contribution in [0.5, 0.6) is 5.75 Å². The molecule has 2 N–H and O–H groups in total. The number of carbonyl (C=O) groups is 2. The van der Waals surface area contributed by atoms with E-state index in [4.69, 9.17) is 4.74 Å². The molecule has 0 saturated carbocycles. The van der Waals surface area contributed by atoms with Crippen molar-refractivity contribution in [2.45, 2.75) is 104 Å². The van der Waals surface area contributed by atoms with E-state index in [0.29, 0.717) is 18.2 Å². The Morgan fingerprint density at radius 2 is 1.46 bits per heavy atom. The topological polar surface area (TPSA) is 78.9 Å². The Bertz CT molecular complexity index is 1060. The van der Waals surface area contributed by atoms with Crippen molar-refractivity contribution in [2.24, 2.45) is 0 Å². The average Bonchev–Trinajstić information content (AvgIpc) is 2.91. The van der Waals surface area contributed by atoms with Crippen LogP contribution in [0.1, 0.15) is 101 Å². The molecule has 0 bridgehead atoms. The molecule has 0 heterocycles. The molecule has 0 atom stereocenters. The summed E-state index contributed by atoms with van der Waals surface area (Å²) < 4.78 is 43.9. The van der Waals surface area contributed by atoms with E-state index >= 15 is 0 Å². The number of benzene rings is 2. The molecule has 0 spiro atoms. The monoisotopic (exact) mass is 578 g/mol. The molecule has 0 radical (unpaired) electrons. The largest absolute Gasteiger partial charge is 0.508 e. The SMILES string of the molecule is CCCCCCCCCCCCC(=O)Nc1ccc(CN(CC(=O)OCC)Cc2ccc(C(F)(F)F)cc2O)cc1. The van der Waals surface area contributed by atoms with Crippen molar-refractivity contribution in [1.29, 1.82) is 0 Å². The third-order valence-corrected chi connectivity index (χ3v) is 6.87. The summed E-state index contributed by atoms with van der Waals surface area (Å²) in [5.41, 5.74) is 0.816. The summed E-state index contributed by atoms with van der Waals surface area (Å²) in [6, 6.07) is 10.0. The smallest absolute Gasteiger partial charge is 0.416 e. The number of halogens is 3. The van der Waals surface area contributed by atoms with Gasteiger partial charge in [0, 0.05) is 30.8 Å². The normalized spacial score (nSPS) is 11.6. The molecule has 41 heavy (non-hydrogen) atoms. The Morgan fingerprint density at radius 3 is 2.02 bits per heavy atom. The second kappa shape index (κ2) is 18.4. The van der Waals surface area contributed by atoms with Crippen molar-refractivity contribution in [3.63, 3.8) is 0 Å². The predicted octanol–water partition coefficient (Wildman–Crippen LogP) is 8.23. The minimum absolute atomic E-state index is 0.0287. The summed E-state index contributed by atoms with van der Waals surface area (Å²) in [4.78, 5) is 26.2. The van der Waals surface area contributed by atoms with Crippen LogP contribution >= 0.6 is 0 Å². The number of amides is 1. The van der Waals surface area contributed by atoms with Gasteiger partial charge in [0.15, 0.2) is 0 Å². The molecule has 0 aliphatic heterocycles. The van der Waals surface area contributed by atoms with Gasteiger partial charge in [-0.2, -0.15) is 13.2 Å². The van der Waals surface area contributed by atoms with Crippen LogP contribution in [0.3, 0.4) is 0 Å². The molecule has 0 fully saturated rings. The number of hydrogen-bond donors (Lipinski definition) is 2. The summed E-state index contributed by atoms with van der Waals surface area (Å²) in [7, 11) is 0. The van der Waals surface area contributed by atoms with Crippen LogP contribution in [-0.2, 0) is 33.6 Å². The number of hydrogen-bond acceptors (Lipinski definition) is 5. The first-order valence-corrected chi connectivity index (χ1v) is 14.8. The highest BCUT2D eigenvalue weighted by Crippen LogP contribution is 2.33. The zero-order chi connectivity index (χ0) is 30.1. The number of nitrogens with zero attached hydrogens (tertiary/aromatic N) is 1. The van der Waals surface area contributed by atoms with Crippen molar-refractivity contribution in [3.8, 4) is 5.75 Å². The van der Waals surface area contributed by atoms with E-state index in [1.165, 1.54) is 51.0 Å². The number of phenolic OH excluding ortho intramolecular Hbond substituents is 1. The first-order valence-electron chi connectivity index (χ1n) is 14.8. The van der Waals surface area contributed by atoms with Crippen LogP contribution in [0.15, 0.2) is 42.5 Å². The van der Waals surface area contributed by atoms with Crippen molar-refractivity contribution < 1.29 is 32.6 Å². The molecule has 2 aromatic rings. The zero-order valence-corrected chi connectivity index (χ0v) is 24.4. The van der Waals surface area contributed by atoms with E-state index < -0.39 is 23.5 Å². The van der Waals surface area contributed by atoms with E-state index in [1.807, 2.05) is 12.1 Å². The number of alkyl halides is 3. The van der Waals surface area contributed by atoms with Gasteiger partial charge in [0.25, 0.3) is 0 Å². The van der Waals surface area contributed by atoms with Crippen molar-refractivity contribution in [1.82, 2.24) is 4.90 Å². The van der Waals surface area contributed by atoms with E-state index in [-0.39, 0.29) is 37.7 Å². The summed E-state index contributed by atoms with van der Waals surface area (Å²) in [5, 5.41) is 13.1. The molecule has 228 valence electrons. The number of anilines is 1. The number of esters is 1. The lowest BCUT2D eigenvalue weighted by molar-refractivity contribution is -0.144. The molecular weight excluding hydrogens is 533 g/mol. The van der Waals surface area contributed by atoms with E-state index in [1.54, 1.807) is 24.0 Å². The molecule has 0 saturated heterocycles. The third kappa shape index (κ3) is 13.9. The lowest BCUT2D eigenvalue weighted by Crippen LogP contribution is -2.30. The molecule has 2 aromatic carbocycles. The van der Waals surface area contributed by atoms with Gasteiger partial charge in [-0.25, -0.2) is 0 Å². The van der Waals surface area contributed by atoms with Crippen LogP contribution in [0.4, 0.5) is 18.9 Å². The van der Waals surface area contributed by atoms with Gasteiger partial charge >= 0.3 is 12.1 Å². The Labute approximate surface area is 242 Å². The van der Waals surface area contributed by atoms with Crippen molar-refractivity contribution in [2.75, 3.05) is 18.5 Å². The molecule has 6 nitrogen and oxygen atoms in total.